The number of amides is 1. The van der Waals surface area contributed by atoms with Gasteiger partial charge < -0.3 is 10.3 Å². The quantitative estimate of drug-likeness (QED) is 0.475. The molecule has 2 N–H and O–H groups in total. The molecule has 0 unspecified atom stereocenters. The molecule has 0 aliphatic rings. The average molecular weight is 425 g/mol. The Bertz CT molecular complexity index is 1240. The van der Waals surface area contributed by atoms with Crippen molar-refractivity contribution in [2.24, 2.45) is 0 Å². The van der Waals surface area contributed by atoms with Gasteiger partial charge >= 0.3 is 0 Å². The summed E-state index contributed by atoms with van der Waals surface area (Å²) >= 11 is 1.67. The summed E-state index contributed by atoms with van der Waals surface area (Å²) in [4.78, 5) is 37.3. The molecule has 0 aliphatic heterocycles. The van der Waals surface area contributed by atoms with Crippen molar-refractivity contribution in [3.63, 3.8) is 0 Å². The molecule has 9 heteroatoms. The molecule has 30 heavy (non-hydrogen) atoms. The molecule has 0 radical (unpaired) electrons. The smallest absolute Gasteiger partial charge is 0.261 e. The van der Waals surface area contributed by atoms with Crippen LogP contribution in [0.15, 0.2) is 53.6 Å². The van der Waals surface area contributed by atoms with Gasteiger partial charge in [-0.1, -0.05) is 12.1 Å². The van der Waals surface area contributed by atoms with E-state index in [1.807, 2.05) is 30.5 Å². The minimum atomic E-state index is -0.523. The molecular formula is C21H20FN5O2S. The molecule has 0 bridgehead atoms. The summed E-state index contributed by atoms with van der Waals surface area (Å²) in [5, 5.41) is 3.10. The van der Waals surface area contributed by atoms with E-state index in [2.05, 4.69) is 20.3 Å². The number of aromatic nitrogens is 4. The number of nitrogens with one attached hydrogen (secondary N) is 2. The SMILES string of the molecule is CSCC[C@H](NC(=O)Cn1cnc2ccc(F)cc2c1=O)c1nc2ccccc2[nH]1. The summed E-state index contributed by atoms with van der Waals surface area (Å²) < 4.78 is 14.7. The fourth-order valence-electron chi connectivity index (χ4n) is 3.29. The van der Waals surface area contributed by atoms with E-state index in [0.717, 1.165) is 22.9 Å². The third kappa shape index (κ3) is 4.20. The molecule has 1 atom stereocenters. The monoisotopic (exact) mass is 425 g/mol. The van der Waals surface area contributed by atoms with Gasteiger partial charge in [-0.15, -0.1) is 0 Å². The third-order valence-electron chi connectivity index (χ3n) is 4.78. The highest BCUT2D eigenvalue weighted by molar-refractivity contribution is 7.98. The van der Waals surface area contributed by atoms with Crippen LogP contribution in [-0.4, -0.2) is 37.4 Å². The second-order valence-electron chi connectivity index (χ2n) is 6.88. The number of H-pyrrole nitrogens is 1. The maximum absolute atomic E-state index is 13.5. The zero-order chi connectivity index (χ0) is 21.1. The van der Waals surface area contributed by atoms with Crippen LogP contribution in [0.5, 0.6) is 0 Å². The van der Waals surface area contributed by atoms with Gasteiger partial charge in [-0.05, 0) is 48.8 Å². The number of carbonyl (C=O) groups is 1. The number of para-hydroxylation sites is 2. The lowest BCUT2D eigenvalue weighted by molar-refractivity contribution is -0.122. The van der Waals surface area contributed by atoms with E-state index in [4.69, 9.17) is 0 Å². The second-order valence-corrected chi connectivity index (χ2v) is 7.87. The van der Waals surface area contributed by atoms with Gasteiger partial charge in [0.2, 0.25) is 5.91 Å². The zero-order valence-corrected chi connectivity index (χ0v) is 17.1. The first-order valence-electron chi connectivity index (χ1n) is 9.43. The first-order valence-corrected chi connectivity index (χ1v) is 10.8. The summed E-state index contributed by atoms with van der Waals surface area (Å²) in [6.45, 7) is -0.214. The lowest BCUT2D eigenvalue weighted by Gasteiger charge is -2.17. The Morgan fingerprint density at radius 2 is 2.10 bits per heavy atom. The Hall–Kier alpha value is -3.20. The van der Waals surface area contributed by atoms with E-state index in [1.165, 1.54) is 23.0 Å². The Morgan fingerprint density at radius 3 is 2.90 bits per heavy atom. The number of benzene rings is 2. The highest BCUT2D eigenvalue weighted by atomic mass is 32.2. The maximum Gasteiger partial charge on any atom is 0.261 e. The Labute approximate surface area is 175 Å². The van der Waals surface area contributed by atoms with E-state index in [0.29, 0.717) is 17.8 Å². The largest absolute Gasteiger partial charge is 0.345 e. The summed E-state index contributed by atoms with van der Waals surface area (Å²) in [5.74, 6) is 0.634. The first kappa shape index (κ1) is 20.1. The summed E-state index contributed by atoms with van der Waals surface area (Å²) in [7, 11) is 0. The first-order chi connectivity index (χ1) is 14.5. The van der Waals surface area contributed by atoms with Gasteiger partial charge in [0.15, 0.2) is 0 Å². The minimum Gasteiger partial charge on any atom is -0.345 e. The third-order valence-corrected chi connectivity index (χ3v) is 5.43. The molecular weight excluding hydrogens is 405 g/mol. The van der Waals surface area contributed by atoms with Crippen molar-refractivity contribution >= 4 is 39.6 Å². The molecule has 1 amide bonds. The number of thioether (sulfide) groups is 1. The highest BCUT2D eigenvalue weighted by Gasteiger charge is 2.19. The Kier molecular flexibility index (Phi) is 5.80. The summed E-state index contributed by atoms with van der Waals surface area (Å²) in [5.41, 5.74) is 1.65. The van der Waals surface area contributed by atoms with Crippen LogP contribution in [0.1, 0.15) is 18.3 Å². The van der Waals surface area contributed by atoms with Gasteiger partial charge in [-0.2, -0.15) is 11.8 Å². The molecule has 154 valence electrons. The van der Waals surface area contributed by atoms with Crippen LogP contribution < -0.4 is 10.9 Å². The van der Waals surface area contributed by atoms with Crippen LogP contribution in [-0.2, 0) is 11.3 Å². The van der Waals surface area contributed by atoms with Crippen LogP contribution in [0.4, 0.5) is 4.39 Å². The molecule has 0 saturated carbocycles. The molecule has 2 aromatic carbocycles. The van der Waals surface area contributed by atoms with Crippen molar-refractivity contribution < 1.29 is 9.18 Å². The van der Waals surface area contributed by atoms with E-state index < -0.39 is 11.4 Å². The molecule has 0 fully saturated rings. The normalized spacial score (nSPS) is 12.3. The fraction of sp³-hybridized carbons (Fsp3) is 0.238. The van der Waals surface area contributed by atoms with Crippen molar-refractivity contribution in [1.82, 2.24) is 24.8 Å². The standard InChI is InChI=1S/C21H20FN5O2S/c1-30-9-8-18(20-25-16-4-2-3-5-17(16)26-20)24-19(28)11-27-12-23-15-7-6-13(22)10-14(15)21(27)29/h2-7,10,12,18H,8-9,11H2,1H3,(H,24,28)(H,25,26)/t18-/m0/s1. The van der Waals surface area contributed by atoms with Crippen molar-refractivity contribution in [1.29, 1.82) is 0 Å². The average Bonchev–Trinajstić information content (AvgIpc) is 3.17. The topological polar surface area (TPSA) is 92.7 Å². The van der Waals surface area contributed by atoms with Crippen molar-refractivity contribution in [2.45, 2.75) is 19.0 Å². The predicted octanol–water partition coefficient (Wildman–Crippen LogP) is 3.02. The van der Waals surface area contributed by atoms with Crippen LogP contribution >= 0.6 is 11.8 Å². The van der Waals surface area contributed by atoms with E-state index in [1.54, 1.807) is 11.8 Å². The Morgan fingerprint density at radius 1 is 1.27 bits per heavy atom. The second kappa shape index (κ2) is 8.66. The summed E-state index contributed by atoms with van der Waals surface area (Å²) in [6.07, 6.45) is 3.99. The molecule has 4 aromatic rings. The van der Waals surface area contributed by atoms with Gasteiger partial charge in [0.1, 0.15) is 18.2 Å². The predicted molar refractivity (Wildman–Crippen MR) is 116 cm³/mol. The van der Waals surface area contributed by atoms with Crippen LogP contribution in [0.2, 0.25) is 0 Å². The van der Waals surface area contributed by atoms with Gasteiger partial charge in [0, 0.05) is 0 Å². The molecule has 4 rings (SSSR count). The Balaban J connectivity index is 1.56. The number of carbonyl (C=O) groups excluding carboxylic acids is 1. The summed E-state index contributed by atoms with van der Waals surface area (Å²) in [6, 6.07) is 11.2. The maximum atomic E-state index is 13.5. The number of hydrogen-bond acceptors (Lipinski definition) is 5. The van der Waals surface area contributed by atoms with E-state index >= 15 is 0 Å². The zero-order valence-electron chi connectivity index (χ0n) is 16.3. The van der Waals surface area contributed by atoms with Crippen LogP contribution in [0.25, 0.3) is 21.9 Å². The molecule has 7 nitrogen and oxygen atoms in total. The molecule has 2 heterocycles. The van der Waals surface area contributed by atoms with Crippen molar-refractivity contribution in [3.8, 4) is 0 Å². The molecule has 0 spiro atoms. The number of aromatic amines is 1. The highest BCUT2D eigenvalue weighted by Crippen LogP contribution is 2.20. The molecule has 0 aliphatic carbocycles. The number of rotatable bonds is 7. The van der Waals surface area contributed by atoms with Gasteiger partial charge in [0.05, 0.1) is 34.3 Å². The van der Waals surface area contributed by atoms with Crippen molar-refractivity contribution in [2.75, 3.05) is 12.0 Å². The fourth-order valence-corrected chi connectivity index (χ4v) is 3.76. The number of nitrogens with zero attached hydrogens (tertiary/aromatic N) is 3. The number of imidazole rings is 1. The van der Waals surface area contributed by atoms with Gasteiger partial charge in [-0.3, -0.25) is 14.2 Å². The molecule has 0 saturated heterocycles. The minimum absolute atomic E-state index is 0.140. The lowest BCUT2D eigenvalue weighted by atomic mass is 10.2. The van der Waals surface area contributed by atoms with Crippen molar-refractivity contribution in [3.05, 3.63) is 70.8 Å². The van der Waals surface area contributed by atoms with Gasteiger partial charge in [0.25, 0.3) is 5.56 Å². The number of fused-ring (bicyclic) bond motifs is 2. The van der Waals surface area contributed by atoms with Gasteiger partial charge in [-0.25, -0.2) is 14.4 Å². The van der Waals surface area contributed by atoms with Crippen LogP contribution in [0.3, 0.4) is 0 Å². The number of halogens is 1. The lowest BCUT2D eigenvalue weighted by Crippen LogP contribution is -2.35. The van der Waals surface area contributed by atoms with E-state index in [9.17, 15) is 14.0 Å². The number of hydrogen-bond donors (Lipinski definition) is 2. The molecule has 2 aromatic heterocycles. The van der Waals surface area contributed by atoms with Crippen LogP contribution in [0, 0.1) is 5.82 Å². The van der Waals surface area contributed by atoms with E-state index in [-0.39, 0.29) is 23.9 Å².